The highest BCUT2D eigenvalue weighted by molar-refractivity contribution is 6.28. The fourth-order valence-electron chi connectivity index (χ4n) is 8.19. The van der Waals surface area contributed by atoms with E-state index in [1.54, 1.807) is 40.7 Å². The predicted octanol–water partition coefficient (Wildman–Crippen LogP) is 7.91. The Kier molecular flexibility index (Phi) is 19.8. The number of aliphatic hydroxyl groups is 2. The van der Waals surface area contributed by atoms with Crippen LogP contribution in [0.5, 0.6) is 0 Å². The van der Waals surface area contributed by atoms with Gasteiger partial charge in [0.1, 0.15) is 22.8 Å². The van der Waals surface area contributed by atoms with Crippen molar-refractivity contribution < 1.29 is 48.3 Å². The van der Waals surface area contributed by atoms with E-state index in [9.17, 15) is 29.4 Å². The Morgan fingerprint density at radius 1 is 0.676 bits per heavy atom. The molecular formula is C48H72ClN9O10. The first-order valence-corrected chi connectivity index (χ1v) is 22.7. The lowest BCUT2D eigenvalue weighted by Gasteiger charge is -2.36. The Balaban J connectivity index is 0.000000297. The Labute approximate surface area is 404 Å². The van der Waals surface area contributed by atoms with Crippen molar-refractivity contribution in [3.8, 4) is 0 Å². The number of aromatic nitrogens is 8. The molecular weight excluding hydrogens is 898 g/mol. The molecule has 0 radical (unpaired) electrons. The molecule has 4 aromatic heterocycles. The SMILES string of the molecule is C.COC(=O)C1(CO)CCC(c2cc(C)nc(Cc3cc(C)n(C(=O)OC(C)(C)C)n3)n2)CC1.COC(=O)C1(CO)CCC(c2cc(C)nc(Cl)n2)CC1.Cc1cc(N)nn1C(=O)OC(C)(C)C. The first-order valence-electron chi connectivity index (χ1n) is 22.3. The van der Waals surface area contributed by atoms with Crippen LogP contribution in [0.25, 0.3) is 0 Å². The fraction of sp³-hybridized carbons (Fsp3) is 0.625. The first-order chi connectivity index (χ1) is 31.3. The highest BCUT2D eigenvalue weighted by atomic mass is 35.5. The Hall–Kier alpha value is -5.53. The molecule has 19 nitrogen and oxygen atoms in total. The van der Waals surface area contributed by atoms with E-state index in [1.807, 2.05) is 52.8 Å². The second-order valence-electron chi connectivity index (χ2n) is 19.4. The fourth-order valence-corrected chi connectivity index (χ4v) is 8.42. The van der Waals surface area contributed by atoms with Gasteiger partial charge >= 0.3 is 24.1 Å². The zero-order chi connectivity index (χ0) is 50.1. The van der Waals surface area contributed by atoms with Gasteiger partial charge in [0, 0.05) is 52.1 Å². The molecule has 4 N–H and O–H groups in total. The topological polar surface area (TPSA) is 259 Å². The smallest absolute Gasteiger partial charge is 0.435 e. The summed E-state index contributed by atoms with van der Waals surface area (Å²) in [6.45, 7) is 17.8. The molecule has 68 heavy (non-hydrogen) atoms. The third-order valence-corrected chi connectivity index (χ3v) is 11.8. The van der Waals surface area contributed by atoms with Crippen LogP contribution in [0, 0.1) is 38.5 Å². The molecule has 0 saturated heterocycles. The first kappa shape index (κ1) is 56.8. The summed E-state index contributed by atoms with van der Waals surface area (Å²) < 4.78 is 22.7. The number of methoxy groups -OCH3 is 2. The van der Waals surface area contributed by atoms with Crippen LogP contribution in [0.3, 0.4) is 0 Å². The highest BCUT2D eigenvalue weighted by Crippen LogP contribution is 2.44. The monoisotopic (exact) mass is 970 g/mol. The molecule has 0 bridgehead atoms. The summed E-state index contributed by atoms with van der Waals surface area (Å²) in [6, 6.07) is 7.36. The summed E-state index contributed by atoms with van der Waals surface area (Å²) in [6.07, 6.45) is 4.70. The number of rotatable bonds is 8. The minimum absolute atomic E-state index is 0. The van der Waals surface area contributed by atoms with Crippen LogP contribution in [-0.2, 0) is 35.0 Å². The average Bonchev–Trinajstić information content (AvgIpc) is 3.80. The molecule has 20 heteroatoms. The molecule has 0 aliphatic heterocycles. The molecule has 0 aromatic carbocycles. The minimum Gasteiger partial charge on any atom is -0.469 e. The van der Waals surface area contributed by atoms with E-state index in [0.717, 1.165) is 53.1 Å². The second kappa shape index (κ2) is 23.7. The van der Waals surface area contributed by atoms with Gasteiger partial charge in [0.05, 0.1) is 50.4 Å². The van der Waals surface area contributed by atoms with Crippen molar-refractivity contribution in [1.82, 2.24) is 39.5 Å². The number of hydrogen-bond donors (Lipinski definition) is 3. The molecule has 2 aliphatic rings. The largest absolute Gasteiger partial charge is 0.469 e. The van der Waals surface area contributed by atoms with Gasteiger partial charge in [-0.2, -0.15) is 14.5 Å². The van der Waals surface area contributed by atoms with Gasteiger partial charge in [-0.25, -0.2) is 29.5 Å². The van der Waals surface area contributed by atoms with Gasteiger partial charge < -0.3 is 34.9 Å². The number of anilines is 1. The van der Waals surface area contributed by atoms with Gasteiger partial charge in [-0.1, -0.05) is 7.43 Å². The maximum Gasteiger partial charge on any atom is 0.435 e. The lowest BCUT2D eigenvalue weighted by Crippen LogP contribution is -2.39. The number of halogens is 1. The number of hydrogen-bond acceptors (Lipinski definition) is 17. The number of nitrogens with two attached hydrogens (primary N) is 1. The van der Waals surface area contributed by atoms with Crippen molar-refractivity contribution in [2.75, 3.05) is 33.2 Å². The van der Waals surface area contributed by atoms with E-state index < -0.39 is 34.2 Å². The van der Waals surface area contributed by atoms with E-state index in [0.29, 0.717) is 60.8 Å². The van der Waals surface area contributed by atoms with Crippen LogP contribution in [0.15, 0.2) is 24.3 Å². The zero-order valence-corrected chi connectivity index (χ0v) is 41.7. The Bertz CT molecular complexity index is 2330. The lowest BCUT2D eigenvalue weighted by atomic mass is 9.70. The van der Waals surface area contributed by atoms with Gasteiger partial charge in [-0.3, -0.25) is 9.59 Å². The van der Waals surface area contributed by atoms with Crippen LogP contribution >= 0.6 is 11.6 Å². The Morgan fingerprint density at radius 3 is 1.47 bits per heavy atom. The number of carbonyl (C=O) groups excluding carboxylic acids is 4. The van der Waals surface area contributed by atoms with Crippen LogP contribution < -0.4 is 5.73 Å². The molecule has 0 atom stereocenters. The maximum absolute atomic E-state index is 12.4. The molecule has 2 aliphatic carbocycles. The maximum atomic E-state index is 12.4. The highest BCUT2D eigenvalue weighted by Gasteiger charge is 2.44. The average molecular weight is 971 g/mol. The van der Waals surface area contributed by atoms with E-state index in [1.165, 1.54) is 18.9 Å². The number of ether oxygens (including phenoxy) is 4. The molecule has 0 amide bonds. The molecule has 2 saturated carbocycles. The van der Waals surface area contributed by atoms with Crippen molar-refractivity contribution in [3.05, 3.63) is 75.2 Å². The number of nitrogen functional groups attached to an aromatic ring is 1. The molecule has 0 unspecified atom stereocenters. The van der Waals surface area contributed by atoms with E-state index in [4.69, 9.17) is 41.3 Å². The van der Waals surface area contributed by atoms with E-state index >= 15 is 0 Å². The summed E-state index contributed by atoms with van der Waals surface area (Å²) in [5.74, 6) is 0.697. The third-order valence-electron chi connectivity index (χ3n) is 11.6. The number of esters is 2. The van der Waals surface area contributed by atoms with Crippen LogP contribution in [0.4, 0.5) is 15.4 Å². The van der Waals surface area contributed by atoms with Crippen molar-refractivity contribution in [3.63, 3.8) is 0 Å². The normalized spacial score (nSPS) is 20.3. The van der Waals surface area contributed by atoms with Gasteiger partial charge in [-0.15, -0.1) is 5.10 Å². The van der Waals surface area contributed by atoms with Gasteiger partial charge in [0.15, 0.2) is 0 Å². The van der Waals surface area contributed by atoms with Gasteiger partial charge in [0.2, 0.25) is 5.28 Å². The standard InChI is InChI=1S/C24H34N4O5.C14H19ClN2O3.C9H15N3O2.CH4/c1-15-11-19(17-7-9-24(14-29,10-8-17)21(30)32-6)26-20(25-15)13-18-12-16(2)28(27-18)22(31)33-23(3,4)5;1-9-7-11(17-13(15)16-9)10-3-5-14(8-18,6-4-10)12(19)20-2;1-6-5-7(10)11-12(6)8(13)14-9(2,3)4;/h11-12,17,29H,7-10,13-14H2,1-6H3;7,10,18H,3-6,8H2,1-2H3;5H,1-4H3,(H2,10,11);1H4. The van der Waals surface area contributed by atoms with Gasteiger partial charge in [-0.05, 0) is 150 Å². The third kappa shape index (κ3) is 15.2. The van der Waals surface area contributed by atoms with Crippen LogP contribution in [0.2, 0.25) is 5.28 Å². The molecule has 4 heterocycles. The number of carbonyl (C=O) groups is 4. The molecule has 2 fully saturated rings. The minimum atomic E-state index is -0.817. The van der Waals surface area contributed by atoms with Crippen molar-refractivity contribution in [1.29, 1.82) is 0 Å². The summed E-state index contributed by atoms with van der Waals surface area (Å²) in [5, 5.41) is 27.8. The summed E-state index contributed by atoms with van der Waals surface area (Å²) in [7, 11) is 2.72. The number of nitrogens with zero attached hydrogens (tertiary/aromatic N) is 8. The van der Waals surface area contributed by atoms with Crippen LogP contribution in [-0.4, -0.2) is 112 Å². The van der Waals surface area contributed by atoms with E-state index in [-0.39, 0.29) is 49.7 Å². The van der Waals surface area contributed by atoms with Crippen molar-refractivity contribution in [2.24, 2.45) is 10.8 Å². The molecule has 6 rings (SSSR count). The van der Waals surface area contributed by atoms with E-state index in [2.05, 4.69) is 25.1 Å². The van der Waals surface area contributed by atoms with Gasteiger partial charge in [0.25, 0.3) is 0 Å². The van der Waals surface area contributed by atoms with Crippen LogP contribution in [0.1, 0.15) is 158 Å². The summed E-state index contributed by atoms with van der Waals surface area (Å²) in [4.78, 5) is 65.6. The Morgan fingerprint density at radius 2 is 1.09 bits per heavy atom. The molecule has 376 valence electrons. The molecule has 0 spiro atoms. The van der Waals surface area contributed by atoms with Crippen molar-refractivity contribution in [2.45, 2.75) is 157 Å². The second-order valence-corrected chi connectivity index (χ2v) is 19.7. The number of aliphatic hydroxyl groups excluding tert-OH is 2. The summed E-state index contributed by atoms with van der Waals surface area (Å²) >= 11 is 5.89. The zero-order valence-electron chi connectivity index (χ0n) is 40.9. The summed E-state index contributed by atoms with van der Waals surface area (Å²) in [5.41, 5.74) is 8.31. The van der Waals surface area contributed by atoms with Crippen molar-refractivity contribution >= 4 is 41.5 Å². The predicted molar refractivity (Wildman–Crippen MR) is 255 cm³/mol. The molecule has 4 aromatic rings. The quantitative estimate of drug-likeness (QED) is 0.0860. The number of aryl methyl sites for hydroxylation is 4. The lowest BCUT2D eigenvalue weighted by molar-refractivity contribution is -0.159.